The maximum absolute atomic E-state index is 7.33. The number of nitrogens with one attached hydrogen (secondary N) is 3. The summed E-state index contributed by atoms with van der Waals surface area (Å²) in [6, 6.07) is 5.52. The van der Waals surface area contributed by atoms with Crippen molar-refractivity contribution in [2.24, 2.45) is 0 Å². The molecule has 3 N–H and O–H groups in total. The molecule has 0 aromatic carbocycles. The van der Waals surface area contributed by atoms with Crippen LogP contribution in [-0.2, 0) is 0 Å². The maximum Gasteiger partial charge on any atom is 0.210 e. The fourth-order valence-corrected chi connectivity index (χ4v) is 2.30. The Hall–Kier alpha value is -2.74. The van der Waals surface area contributed by atoms with E-state index in [-0.39, 0.29) is 5.92 Å². The van der Waals surface area contributed by atoms with Gasteiger partial charge in [0.15, 0.2) is 0 Å². The normalized spacial score (nSPS) is 12.0. The first-order valence-electron chi connectivity index (χ1n) is 6.11. The molecule has 0 radical (unpaired) electrons. The molecule has 0 amide bonds. The molecule has 7 nitrogen and oxygen atoms in total. The molecular formula is C13H11N7S. The third kappa shape index (κ3) is 2.75. The van der Waals surface area contributed by atoms with Crippen LogP contribution < -0.4 is 5.32 Å². The van der Waals surface area contributed by atoms with Crippen LogP contribution in [0.25, 0.3) is 11.0 Å². The van der Waals surface area contributed by atoms with Crippen LogP contribution in [0.2, 0.25) is 0 Å². The molecule has 0 aliphatic carbocycles. The second kappa shape index (κ2) is 5.71. The van der Waals surface area contributed by atoms with Gasteiger partial charge in [0.2, 0.25) is 5.13 Å². The molecule has 0 fully saturated rings. The smallest absolute Gasteiger partial charge is 0.210 e. The average Bonchev–Trinajstić information content (AvgIpc) is 3.01. The van der Waals surface area contributed by atoms with Gasteiger partial charge >= 0.3 is 0 Å². The van der Waals surface area contributed by atoms with E-state index in [4.69, 9.17) is 10.8 Å². The minimum absolute atomic E-state index is 0.372. The largest absolute Gasteiger partial charge is 0.315 e. The predicted octanol–water partition coefficient (Wildman–Crippen LogP) is 2.61. The summed E-state index contributed by atoms with van der Waals surface area (Å²) in [4.78, 5) is 8.79. The highest BCUT2D eigenvalue weighted by molar-refractivity contribution is 7.13. The van der Waals surface area contributed by atoms with Crippen molar-refractivity contribution in [2.45, 2.75) is 5.92 Å². The van der Waals surface area contributed by atoms with Gasteiger partial charge in [0.05, 0.1) is 17.0 Å². The van der Waals surface area contributed by atoms with Crippen LogP contribution >= 0.6 is 11.3 Å². The van der Waals surface area contributed by atoms with Crippen LogP contribution in [0.3, 0.4) is 0 Å². The Morgan fingerprint density at radius 1 is 1.19 bits per heavy atom. The van der Waals surface area contributed by atoms with Crippen molar-refractivity contribution in [2.75, 3.05) is 5.32 Å². The highest BCUT2D eigenvalue weighted by Crippen LogP contribution is 2.21. The lowest BCUT2D eigenvalue weighted by Gasteiger charge is -2.07. The Kier molecular flexibility index (Phi) is 3.61. The van der Waals surface area contributed by atoms with E-state index < -0.39 is 0 Å². The van der Waals surface area contributed by atoms with Gasteiger partial charge in [-0.15, -0.1) is 10.2 Å². The minimum Gasteiger partial charge on any atom is -0.315 e. The molecule has 0 saturated heterocycles. The standard InChI is InChI=1S/C13H11N7S/c14-4-9(5-15)8-3-11-10(16-6-8)1-2-12(18-11)19-13-20-17-7-21-13/h1-7,9,14-15H,(H,18,19,20). The number of hydrogen-bond donors (Lipinski definition) is 3. The first-order chi connectivity index (χ1) is 10.3. The zero-order chi connectivity index (χ0) is 14.7. The Bertz CT molecular complexity index is 776. The van der Waals surface area contributed by atoms with E-state index in [0.29, 0.717) is 16.5 Å². The summed E-state index contributed by atoms with van der Waals surface area (Å²) in [5.41, 5.74) is 3.88. The molecule has 0 bridgehead atoms. The van der Waals surface area contributed by atoms with Crippen LogP contribution in [0.4, 0.5) is 10.9 Å². The SMILES string of the molecule is N=CC(C=N)c1cnc2ccc(Nc3nncs3)nc2c1. The molecule has 8 heteroatoms. The van der Waals surface area contributed by atoms with Gasteiger partial charge in [-0.2, -0.15) is 0 Å². The van der Waals surface area contributed by atoms with Crippen LogP contribution in [0.1, 0.15) is 11.5 Å². The van der Waals surface area contributed by atoms with Crippen molar-refractivity contribution in [3.8, 4) is 0 Å². The van der Waals surface area contributed by atoms with E-state index >= 15 is 0 Å². The van der Waals surface area contributed by atoms with Crippen LogP contribution in [-0.4, -0.2) is 32.6 Å². The zero-order valence-corrected chi connectivity index (χ0v) is 11.6. The summed E-state index contributed by atoms with van der Waals surface area (Å²) < 4.78 is 0. The Balaban J connectivity index is 1.98. The first-order valence-corrected chi connectivity index (χ1v) is 6.99. The summed E-state index contributed by atoms with van der Waals surface area (Å²) in [7, 11) is 0. The number of rotatable bonds is 5. The summed E-state index contributed by atoms with van der Waals surface area (Å²) in [6.45, 7) is 0. The third-order valence-electron chi connectivity index (χ3n) is 2.90. The molecule has 3 heterocycles. The number of fused-ring (bicyclic) bond motifs is 1. The number of nitrogens with zero attached hydrogens (tertiary/aromatic N) is 4. The molecule has 0 saturated carbocycles. The van der Waals surface area contributed by atoms with Crippen molar-refractivity contribution in [3.63, 3.8) is 0 Å². The number of anilines is 2. The second-order valence-electron chi connectivity index (χ2n) is 4.23. The molecule has 3 aromatic rings. The quantitative estimate of drug-likeness (QED) is 0.627. The Morgan fingerprint density at radius 2 is 2.05 bits per heavy atom. The first kappa shape index (κ1) is 13.3. The van der Waals surface area contributed by atoms with Crippen LogP contribution in [0.15, 0.2) is 29.9 Å². The highest BCUT2D eigenvalue weighted by Gasteiger charge is 2.08. The zero-order valence-electron chi connectivity index (χ0n) is 10.8. The van der Waals surface area contributed by atoms with Crippen LogP contribution in [0.5, 0.6) is 0 Å². The average molecular weight is 297 g/mol. The lowest BCUT2D eigenvalue weighted by Crippen LogP contribution is -2.02. The molecule has 3 rings (SSSR count). The molecule has 0 spiro atoms. The van der Waals surface area contributed by atoms with E-state index in [0.717, 1.165) is 11.1 Å². The van der Waals surface area contributed by atoms with E-state index in [1.54, 1.807) is 11.7 Å². The third-order valence-corrected chi connectivity index (χ3v) is 3.50. The topological polar surface area (TPSA) is 111 Å². The Labute approximate surface area is 124 Å². The number of aromatic nitrogens is 4. The minimum atomic E-state index is -0.372. The molecule has 0 atom stereocenters. The number of hydrogen-bond acceptors (Lipinski definition) is 8. The highest BCUT2D eigenvalue weighted by atomic mass is 32.1. The molecule has 0 aliphatic rings. The summed E-state index contributed by atoms with van der Waals surface area (Å²) in [5.74, 6) is 0.280. The molecule has 0 aliphatic heterocycles. The van der Waals surface area contributed by atoms with Crippen LogP contribution in [0, 0.1) is 10.8 Å². The number of pyridine rings is 2. The van der Waals surface area contributed by atoms with Crippen molar-refractivity contribution >= 4 is 45.7 Å². The molecular weight excluding hydrogens is 286 g/mol. The van der Waals surface area contributed by atoms with Gasteiger partial charge in [0, 0.05) is 18.6 Å². The van der Waals surface area contributed by atoms with E-state index in [1.165, 1.54) is 23.8 Å². The van der Waals surface area contributed by atoms with Gasteiger partial charge in [0.25, 0.3) is 0 Å². The fraction of sp³-hybridized carbons (Fsp3) is 0.0769. The molecule has 21 heavy (non-hydrogen) atoms. The predicted molar refractivity (Wildman–Crippen MR) is 83.0 cm³/mol. The molecule has 104 valence electrons. The van der Waals surface area contributed by atoms with E-state index in [9.17, 15) is 0 Å². The Morgan fingerprint density at radius 3 is 2.76 bits per heavy atom. The lowest BCUT2D eigenvalue weighted by molar-refractivity contribution is 1.09. The van der Waals surface area contributed by atoms with Gasteiger partial charge in [-0.25, -0.2) is 4.98 Å². The lowest BCUT2D eigenvalue weighted by atomic mass is 10.0. The summed E-state index contributed by atoms with van der Waals surface area (Å²) in [5, 5.41) is 26.1. The van der Waals surface area contributed by atoms with Gasteiger partial charge in [-0.3, -0.25) is 4.98 Å². The second-order valence-corrected chi connectivity index (χ2v) is 5.06. The summed E-state index contributed by atoms with van der Waals surface area (Å²) >= 11 is 1.39. The summed E-state index contributed by atoms with van der Waals surface area (Å²) in [6.07, 6.45) is 4.08. The van der Waals surface area contributed by atoms with Gasteiger partial charge < -0.3 is 16.1 Å². The van der Waals surface area contributed by atoms with Gasteiger partial charge in [-0.1, -0.05) is 11.3 Å². The van der Waals surface area contributed by atoms with Gasteiger partial charge in [0.1, 0.15) is 11.3 Å². The fourth-order valence-electron chi connectivity index (χ4n) is 1.85. The molecule has 3 aromatic heterocycles. The van der Waals surface area contributed by atoms with E-state index in [1.807, 2.05) is 18.2 Å². The maximum atomic E-state index is 7.33. The van der Waals surface area contributed by atoms with Crippen molar-refractivity contribution in [1.29, 1.82) is 10.8 Å². The van der Waals surface area contributed by atoms with Crippen molar-refractivity contribution in [3.05, 3.63) is 35.5 Å². The molecule has 0 unspecified atom stereocenters. The van der Waals surface area contributed by atoms with Gasteiger partial charge in [-0.05, 0) is 23.8 Å². The van der Waals surface area contributed by atoms with E-state index in [2.05, 4.69) is 25.5 Å². The monoisotopic (exact) mass is 297 g/mol. The van der Waals surface area contributed by atoms with Crippen molar-refractivity contribution < 1.29 is 0 Å². The van der Waals surface area contributed by atoms with Crippen molar-refractivity contribution in [1.82, 2.24) is 20.2 Å².